The molecule has 1 N–H and O–H groups in total. The van der Waals surface area contributed by atoms with E-state index in [-0.39, 0.29) is 17.1 Å². The molecule has 0 unspecified atom stereocenters. The van der Waals surface area contributed by atoms with Crippen LogP contribution in [0.2, 0.25) is 0 Å². The largest absolute Gasteiger partial charge is 0.497 e. The first-order valence-electron chi connectivity index (χ1n) is 8.42. The highest BCUT2D eigenvalue weighted by molar-refractivity contribution is 7.92. The maximum Gasteiger partial charge on any atom is 0.311 e. The van der Waals surface area contributed by atoms with Gasteiger partial charge in [-0.15, -0.1) is 0 Å². The van der Waals surface area contributed by atoms with Crippen molar-refractivity contribution >= 4 is 33.5 Å². The van der Waals surface area contributed by atoms with Crippen molar-refractivity contribution in [1.82, 2.24) is 5.43 Å². The average Bonchev–Trinajstić information content (AvgIpc) is 2.71. The van der Waals surface area contributed by atoms with Crippen LogP contribution in [0.3, 0.4) is 0 Å². The standard InChI is InChI=1S/C18H20N4O7S/c1-28-15-6-4-5-14(10-15)21(30(3,26)27)12-18(23)20-19-11-13-7-8-17(29-2)16(9-13)22(24)25/h4-11H,12H2,1-3H3,(H,20,23)/b19-11-. The number of hydrazone groups is 1. The summed E-state index contributed by atoms with van der Waals surface area (Å²) in [5, 5.41) is 14.8. The quantitative estimate of drug-likeness (QED) is 0.357. The van der Waals surface area contributed by atoms with Gasteiger partial charge in [-0.2, -0.15) is 5.10 Å². The number of hydrogen-bond donors (Lipinski definition) is 1. The van der Waals surface area contributed by atoms with Crippen LogP contribution in [0.25, 0.3) is 0 Å². The maximum absolute atomic E-state index is 12.2. The summed E-state index contributed by atoms with van der Waals surface area (Å²) < 4.78 is 35.1. The number of carbonyl (C=O) groups excluding carboxylic acids is 1. The number of amides is 1. The molecular formula is C18H20N4O7S. The molecule has 160 valence electrons. The molecule has 0 aliphatic carbocycles. The van der Waals surface area contributed by atoms with Gasteiger partial charge in [0.25, 0.3) is 5.91 Å². The third-order valence-electron chi connectivity index (χ3n) is 3.83. The van der Waals surface area contributed by atoms with Crippen LogP contribution in [0.1, 0.15) is 5.56 Å². The van der Waals surface area contributed by atoms with E-state index in [1.165, 1.54) is 50.8 Å². The highest BCUT2D eigenvalue weighted by Gasteiger charge is 2.21. The molecule has 1 amide bonds. The summed E-state index contributed by atoms with van der Waals surface area (Å²) in [5.41, 5.74) is 2.54. The van der Waals surface area contributed by atoms with Gasteiger partial charge >= 0.3 is 5.69 Å². The van der Waals surface area contributed by atoms with E-state index in [2.05, 4.69) is 10.5 Å². The van der Waals surface area contributed by atoms with Crippen LogP contribution in [-0.4, -0.2) is 52.5 Å². The molecule has 12 heteroatoms. The zero-order chi connectivity index (χ0) is 22.3. The molecule has 0 heterocycles. The Morgan fingerprint density at radius 1 is 1.23 bits per heavy atom. The van der Waals surface area contributed by atoms with Crippen LogP contribution in [0.15, 0.2) is 47.6 Å². The van der Waals surface area contributed by atoms with Gasteiger partial charge in [0.05, 0.1) is 37.3 Å². The van der Waals surface area contributed by atoms with Crippen LogP contribution in [-0.2, 0) is 14.8 Å². The Bertz CT molecular complexity index is 1070. The molecule has 0 aliphatic rings. The van der Waals surface area contributed by atoms with E-state index in [4.69, 9.17) is 9.47 Å². The highest BCUT2D eigenvalue weighted by atomic mass is 32.2. The highest BCUT2D eigenvalue weighted by Crippen LogP contribution is 2.27. The number of anilines is 1. The van der Waals surface area contributed by atoms with Crippen LogP contribution in [0.5, 0.6) is 11.5 Å². The van der Waals surface area contributed by atoms with Crippen molar-refractivity contribution in [1.29, 1.82) is 0 Å². The summed E-state index contributed by atoms with van der Waals surface area (Å²) in [6.45, 7) is -0.522. The van der Waals surface area contributed by atoms with Crippen LogP contribution in [0.4, 0.5) is 11.4 Å². The summed E-state index contributed by atoms with van der Waals surface area (Å²) in [7, 11) is -1.01. The normalized spacial score (nSPS) is 11.2. The lowest BCUT2D eigenvalue weighted by molar-refractivity contribution is -0.385. The molecule has 2 rings (SSSR count). The Morgan fingerprint density at radius 3 is 2.57 bits per heavy atom. The van der Waals surface area contributed by atoms with Crippen molar-refractivity contribution in [2.45, 2.75) is 0 Å². The lowest BCUT2D eigenvalue weighted by Gasteiger charge is -2.21. The number of nitro groups is 1. The Kier molecular flexibility index (Phi) is 7.31. The number of benzene rings is 2. The second-order valence-corrected chi connectivity index (χ2v) is 7.86. The van der Waals surface area contributed by atoms with E-state index in [1.54, 1.807) is 12.1 Å². The molecule has 0 radical (unpaired) electrons. The summed E-state index contributed by atoms with van der Waals surface area (Å²) in [6, 6.07) is 10.4. The molecule has 0 saturated carbocycles. The molecule has 0 fully saturated rings. The van der Waals surface area contributed by atoms with Crippen molar-refractivity contribution in [2.24, 2.45) is 5.10 Å². The molecule has 2 aromatic rings. The van der Waals surface area contributed by atoms with Gasteiger partial charge in [0.2, 0.25) is 10.0 Å². The fraction of sp³-hybridized carbons (Fsp3) is 0.222. The van der Waals surface area contributed by atoms with E-state index in [0.29, 0.717) is 11.3 Å². The number of sulfonamides is 1. The minimum Gasteiger partial charge on any atom is -0.497 e. The third-order valence-corrected chi connectivity index (χ3v) is 4.97. The smallest absolute Gasteiger partial charge is 0.311 e. The van der Waals surface area contributed by atoms with Crippen molar-refractivity contribution in [2.75, 3.05) is 31.3 Å². The summed E-state index contributed by atoms with van der Waals surface area (Å²) in [5.74, 6) is -0.188. The third kappa shape index (κ3) is 5.91. The van der Waals surface area contributed by atoms with Crippen molar-refractivity contribution in [3.63, 3.8) is 0 Å². The molecule has 0 aromatic heterocycles. The fourth-order valence-electron chi connectivity index (χ4n) is 2.44. The number of nitrogens with zero attached hydrogens (tertiary/aromatic N) is 3. The summed E-state index contributed by atoms with van der Waals surface area (Å²) in [4.78, 5) is 22.6. The SMILES string of the molecule is COc1cccc(N(CC(=O)N/N=C\c2ccc(OC)c([N+](=O)[O-])c2)S(C)(=O)=O)c1. The zero-order valence-corrected chi connectivity index (χ0v) is 17.3. The first kappa shape index (κ1) is 22.6. The zero-order valence-electron chi connectivity index (χ0n) is 16.4. The molecule has 11 nitrogen and oxygen atoms in total. The van der Waals surface area contributed by atoms with E-state index in [1.807, 2.05) is 0 Å². The lowest BCUT2D eigenvalue weighted by Crippen LogP contribution is -2.39. The van der Waals surface area contributed by atoms with Gasteiger partial charge in [0.15, 0.2) is 5.75 Å². The Labute approximate surface area is 173 Å². The van der Waals surface area contributed by atoms with Crippen LogP contribution in [0, 0.1) is 10.1 Å². The van der Waals surface area contributed by atoms with Gasteiger partial charge in [-0.25, -0.2) is 13.8 Å². The van der Waals surface area contributed by atoms with E-state index in [0.717, 1.165) is 10.6 Å². The molecule has 0 aliphatic heterocycles. The number of nitrogens with one attached hydrogen (secondary N) is 1. The fourth-order valence-corrected chi connectivity index (χ4v) is 3.29. The van der Waals surface area contributed by atoms with Gasteiger partial charge in [-0.3, -0.25) is 19.2 Å². The van der Waals surface area contributed by atoms with Crippen molar-refractivity contribution < 1.29 is 27.6 Å². The monoisotopic (exact) mass is 436 g/mol. The van der Waals surface area contributed by atoms with E-state index < -0.39 is 27.4 Å². The van der Waals surface area contributed by atoms with Gasteiger partial charge in [-0.05, 0) is 24.3 Å². The first-order chi connectivity index (χ1) is 14.2. The van der Waals surface area contributed by atoms with E-state index >= 15 is 0 Å². The van der Waals surface area contributed by atoms with E-state index in [9.17, 15) is 23.3 Å². The van der Waals surface area contributed by atoms with Gasteiger partial charge in [-0.1, -0.05) is 6.07 Å². The van der Waals surface area contributed by atoms with Gasteiger partial charge < -0.3 is 9.47 Å². The number of hydrogen-bond acceptors (Lipinski definition) is 8. The summed E-state index contributed by atoms with van der Waals surface area (Å²) >= 11 is 0. The Balaban J connectivity index is 2.13. The van der Waals surface area contributed by atoms with Gasteiger partial charge in [0, 0.05) is 17.7 Å². The number of methoxy groups -OCH3 is 2. The molecule has 0 spiro atoms. The maximum atomic E-state index is 12.2. The number of ether oxygens (including phenoxy) is 2. The van der Waals surface area contributed by atoms with Crippen LogP contribution >= 0.6 is 0 Å². The predicted molar refractivity (Wildman–Crippen MR) is 111 cm³/mol. The molecule has 0 atom stereocenters. The van der Waals surface area contributed by atoms with Crippen LogP contribution < -0.4 is 19.2 Å². The number of rotatable bonds is 9. The lowest BCUT2D eigenvalue weighted by atomic mass is 10.2. The summed E-state index contributed by atoms with van der Waals surface area (Å²) in [6.07, 6.45) is 2.17. The minimum absolute atomic E-state index is 0.0864. The molecule has 0 saturated heterocycles. The topological polar surface area (TPSA) is 140 Å². The Morgan fingerprint density at radius 2 is 1.97 bits per heavy atom. The first-order valence-corrected chi connectivity index (χ1v) is 10.3. The molecule has 0 bridgehead atoms. The predicted octanol–water partition coefficient (Wildman–Crippen LogP) is 1.53. The second kappa shape index (κ2) is 9.69. The molecular weight excluding hydrogens is 416 g/mol. The minimum atomic E-state index is -3.76. The molecule has 30 heavy (non-hydrogen) atoms. The second-order valence-electron chi connectivity index (χ2n) is 5.95. The number of nitro benzene ring substituents is 1. The van der Waals surface area contributed by atoms with Crippen molar-refractivity contribution in [3.05, 3.63) is 58.1 Å². The Hall–Kier alpha value is -3.67. The van der Waals surface area contributed by atoms with Gasteiger partial charge in [0.1, 0.15) is 12.3 Å². The average molecular weight is 436 g/mol. The number of carbonyl (C=O) groups is 1. The molecule has 2 aromatic carbocycles. The van der Waals surface area contributed by atoms with Crippen molar-refractivity contribution in [3.8, 4) is 11.5 Å².